The minimum Gasteiger partial charge on any atom is -0.356 e. The minimum absolute atomic E-state index is 0.0484. The van der Waals surface area contributed by atoms with Gasteiger partial charge in [0.15, 0.2) is 0 Å². The fourth-order valence-corrected chi connectivity index (χ4v) is 4.73. The molecule has 0 aromatic carbocycles. The van der Waals surface area contributed by atoms with Crippen molar-refractivity contribution in [3.63, 3.8) is 0 Å². The summed E-state index contributed by atoms with van der Waals surface area (Å²) >= 11 is 0. The third kappa shape index (κ3) is 3.55. The first-order chi connectivity index (χ1) is 12.1. The van der Waals surface area contributed by atoms with E-state index in [1.807, 2.05) is 19.9 Å². The van der Waals surface area contributed by atoms with E-state index in [1.165, 1.54) is 12.8 Å². The zero-order valence-corrected chi connectivity index (χ0v) is 15.2. The van der Waals surface area contributed by atoms with Crippen molar-refractivity contribution in [2.75, 3.05) is 24.5 Å². The van der Waals surface area contributed by atoms with Crippen molar-refractivity contribution < 1.29 is 4.79 Å². The first-order valence-electron chi connectivity index (χ1n) is 9.62. The highest BCUT2D eigenvalue weighted by Gasteiger charge is 2.36. The number of aryl methyl sites for hydroxylation is 2. The molecule has 4 rings (SSSR count). The number of nitrogens with one attached hydrogen (secondary N) is 1. The number of allylic oxidation sites excluding steroid dienone is 2. The summed E-state index contributed by atoms with van der Waals surface area (Å²) in [5.74, 6) is 3.12. The van der Waals surface area contributed by atoms with E-state index in [4.69, 9.17) is 0 Å². The van der Waals surface area contributed by atoms with Crippen molar-refractivity contribution >= 4 is 11.9 Å². The van der Waals surface area contributed by atoms with Crippen LogP contribution in [0.2, 0.25) is 0 Å². The molecule has 2 heterocycles. The molecule has 1 amide bonds. The number of nitrogens with zero attached hydrogens (tertiary/aromatic N) is 3. The van der Waals surface area contributed by atoms with Crippen LogP contribution in [0.5, 0.6) is 0 Å². The summed E-state index contributed by atoms with van der Waals surface area (Å²) in [5.41, 5.74) is 1.97. The summed E-state index contributed by atoms with van der Waals surface area (Å²) in [6.07, 6.45) is 9.22. The van der Waals surface area contributed by atoms with Crippen LogP contribution in [0, 0.1) is 37.5 Å². The number of carbonyl (C=O) groups excluding carboxylic acids is 1. The van der Waals surface area contributed by atoms with Gasteiger partial charge >= 0.3 is 0 Å². The predicted octanol–water partition coefficient (Wildman–Crippen LogP) is 2.64. The Kier molecular flexibility index (Phi) is 4.48. The molecule has 0 spiro atoms. The molecule has 1 saturated carbocycles. The highest BCUT2D eigenvalue weighted by Crippen LogP contribution is 2.43. The third-order valence-electron chi connectivity index (χ3n) is 6.00. The third-order valence-corrected chi connectivity index (χ3v) is 6.00. The van der Waals surface area contributed by atoms with Crippen LogP contribution < -0.4 is 10.2 Å². The standard InChI is InChI=1S/C20H28N4O/c1-13-8-14(2)23-20(22-13)24-7-3-4-17(12-24)19(25)21-11-18-10-15-5-6-16(18)9-15/h5-6,8,15-18H,3-4,7,9-12H2,1-2H3,(H,21,25)/t15-,16-,17-,18-/m0/s1. The van der Waals surface area contributed by atoms with Gasteiger partial charge in [0.25, 0.3) is 0 Å². The lowest BCUT2D eigenvalue weighted by Gasteiger charge is -2.32. The Balaban J connectivity index is 1.34. The fraction of sp³-hybridized carbons (Fsp3) is 0.650. The van der Waals surface area contributed by atoms with Crippen molar-refractivity contribution in [2.24, 2.45) is 23.7 Å². The van der Waals surface area contributed by atoms with E-state index in [9.17, 15) is 4.79 Å². The maximum absolute atomic E-state index is 12.7. The van der Waals surface area contributed by atoms with E-state index in [2.05, 4.69) is 32.3 Å². The molecule has 4 atom stereocenters. The molecule has 0 radical (unpaired) electrons. The molecule has 25 heavy (non-hydrogen) atoms. The Hall–Kier alpha value is -1.91. The number of piperidine rings is 1. The molecule has 2 aliphatic carbocycles. The SMILES string of the molecule is Cc1cc(C)nc(N2CCC[C@H](C(=O)NC[C@@H]3C[C@H]4C=C[C@H]3C4)C2)n1. The Labute approximate surface area is 149 Å². The number of anilines is 1. The Morgan fingerprint density at radius 3 is 2.72 bits per heavy atom. The average molecular weight is 340 g/mol. The van der Waals surface area contributed by atoms with Crippen molar-refractivity contribution in [1.29, 1.82) is 0 Å². The molecule has 5 nitrogen and oxygen atoms in total. The van der Waals surface area contributed by atoms with Crippen molar-refractivity contribution in [3.05, 3.63) is 29.6 Å². The monoisotopic (exact) mass is 340 g/mol. The summed E-state index contributed by atoms with van der Waals surface area (Å²) in [6, 6.07) is 1.99. The van der Waals surface area contributed by atoms with Crippen molar-refractivity contribution in [3.8, 4) is 0 Å². The molecule has 0 unspecified atom stereocenters. The van der Waals surface area contributed by atoms with Crippen LogP contribution in [0.25, 0.3) is 0 Å². The molecule has 1 aromatic rings. The largest absolute Gasteiger partial charge is 0.356 e. The second-order valence-corrected chi connectivity index (χ2v) is 8.02. The number of fused-ring (bicyclic) bond motifs is 2. The second-order valence-electron chi connectivity index (χ2n) is 8.02. The minimum atomic E-state index is 0.0484. The van der Waals surface area contributed by atoms with Crippen LogP contribution in [0.3, 0.4) is 0 Å². The fourth-order valence-electron chi connectivity index (χ4n) is 4.73. The number of rotatable bonds is 4. The maximum atomic E-state index is 12.7. The van der Waals surface area contributed by atoms with E-state index < -0.39 is 0 Å². The van der Waals surface area contributed by atoms with Crippen LogP contribution in [-0.2, 0) is 4.79 Å². The van der Waals surface area contributed by atoms with Crippen molar-refractivity contribution in [2.45, 2.75) is 39.5 Å². The van der Waals surface area contributed by atoms with Gasteiger partial charge in [-0.2, -0.15) is 0 Å². The van der Waals surface area contributed by atoms with Gasteiger partial charge in [0.1, 0.15) is 0 Å². The quantitative estimate of drug-likeness (QED) is 0.856. The summed E-state index contributed by atoms with van der Waals surface area (Å²) in [7, 11) is 0. The lowest BCUT2D eigenvalue weighted by molar-refractivity contribution is -0.125. The molecular weight excluding hydrogens is 312 g/mol. The second kappa shape index (κ2) is 6.77. The van der Waals surface area contributed by atoms with Gasteiger partial charge in [-0.05, 0) is 63.4 Å². The molecule has 3 aliphatic rings. The maximum Gasteiger partial charge on any atom is 0.225 e. The number of hydrogen-bond acceptors (Lipinski definition) is 4. The number of amides is 1. The van der Waals surface area contributed by atoms with Gasteiger partial charge in [0, 0.05) is 31.0 Å². The first-order valence-corrected chi connectivity index (χ1v) is 9.62. The van der Waals surface area contributed by atoms with E-state index >= 15 is 0 Å². The molecular formula is C20H28N4O. The number of carbonyl (C=O) groups is 1. The zero-order chi connectivity index (χ0) is 17.4. The molecule has 2 fully saturated rings. The van der Waals surface area contributed by atoms with Crippen LogP contribution in [-0.4, -0.2) is 35.5 Å². The number of aromatic nitrogens is 2. The average Bonchev–Trinajstić information content (AvgIpc) is 3.22. The zero-order valence-electron chi connectivity index (χ0n) is 15.2. The summed E-state index contributed by atoms with van der Waals surface area (Å²) in [4.78, 5) is 24.0. The van der Waals surface area contributed by atoms with Gasteiger partial charge in [-0.3, -0.25) is 4.79 Å². The molecule has 1 saturated heterocycles. The molecule has 134 valence electrons. The van der Waals surface area contributed by atoms with Gasteiger partial charge in [-0.25, -0.2) is 9.97 Å². The van der Waals surface area contributed by atoms with E-state index in [-0.39, 0.29) is 11.8 Å². The normalized spacial score (nSPS) is 30.7. The van der Waals surface area contributed by atoms with Crippen LogP contribution in [0.1, 0.15) is 37.1 Å². The molecule has 5 heteroatoms. The Bertz CT molecular complexity index is 666. The lowest BCUT2D eigenvalue weighted by Crippen LogP contribution is -2.45. The number of hydrogen-bond donors (Lipinski definition) is 1. The molecule has 2 bridgehead atoms. The Morgan fingerprint density at radius 2 is 2.04 bits per heavy atom. The van der Waals surface area contributed by atoms with Crippen LogP contribution >= 0.6 is 0 Å². The van der Waals surface area contributed by atoms with Gasteiger partial charge in [-0.15, -0.1) is 0 Å². The molecule has 1 aromatic heterocycles. The van der Waals surface area contributed by atoms with E-state index in [0.29, 0.717) is 11.8 Å². The van der Waals surface area contributed by atoms with E-state index in [1.54, 1.807) is 0 Å². The van der Waals surface area contributed by atoms with Crippen molar-refractivity contribution in [1.82, 2.24) is 15.3 Å². The van der Waals surface area contributed by atoms with Gasteiger partial charge in [-0.1, -0.05) is 12.2 Å². The van der Waals surface area contributed by atoms with E-state index in [0.717, 1.165) is 55.7 Å². The topological polar surface area (TPSA) is 58.1 Å². The van der Waals surface area contributed by atoms with Crippen LogP contribution in [0.4, 0.5) is 5.95 Å². The van der Waals surface area contributed by atoms with Gasteiger partial charge in [0.05, 0.1) is 5.92 Å². The van der Waals surface area contributed by atoms with Crippen LogP contribution in [0.15, 0.2) is 18.2 Å². The van der Waals surface area contributed by atoms with Gasteiger partial charge < -0.3 is 10.2 Å². The molecule has 1 aliphatic heterocycles. The smallest absolute Gasteiger partial charge is 0.225 e. The highest BCUT2D eigenvalue weighted by molar-refractivity contribution is 5.79. The summed E-state index contributed by atoms with van der Waals surface area (Å²) in [5, 5.41) is 3.23. The first kappa shape index (κ1) is 16.6. The van der Waals surface area contributed by atoms with Gasteiger partial charge in [0.2, 0.25) is 11.9 Å². The Morgan fingerprint density at radius 1 is 1.24 bits per heavy atom. The molecule has 1 N–H and O–H groups in total. The predicted molar refractivity (Wildman–Crippen MR) is 98.3 cm³/mol. The summed E-state index contributed by atoms with van der Waals surface area (Å²) < 4.78 is 0. The lowest BCUT2D eigenvalue weighted by atomic mass is 9.92. The summed E-state index contributed by atoms with van der Waals surface area (Å²) in [6.45, 7) is 6.49. The highest BCUT2D eigenvalue weighted by atomic mass is 16.1.